The molecule has 0 amide bonds. The van der Waals surface area contributed by atoms with E-state index in [1.807, 2.05) is 0 Å². The predicted molar refractivity (Wildman–Crippen MR) is 190 cm³/mol. The first-order valence-electron chi connectivity index (χ1n) is 15.9. The van der Waals surface area contributed by atoms with Gasteiger partial charge < -0.3 is 14.7 Å². The van der Waals surface area contributed by atoms with Gasteiger partial charge in [-0.3, -0.25) is 0 Å². The number of hydrogen-bond donors (Lipinski definition) is 0. The molecule has 0 saturated heterocycles. The quantitative estimate of drug-likeness (QED) is 0.136. The second-order valence-corrected chi connectivity index (χ2v) is 12.0. The van der Waals surface area contributed by atoms with Crippen molar-refractivity contribution in [1.29, 1.82) is 0 Å². The molecule has 0 radical (unpaired) electrons. The third-order valence-electron chi connectivity index (χ3n) is 8.80. The van der Waals surface area contributed by atoms with Crippen LogP contribution < -0.4 is 14.7 Å². The van der Waals surface area contributed by atoms with Crippen molar-refractivity contribution in [1.82, 2.24) is 0 Å². The Morgan fingerprint density at radius 1 is 0.500 bits per heavy atom. The van der Waals surface area contributed by atoms with Crippen LogP contribution in [0.15, 0.2) is 121 Å². The van der Waals surface area contributed by atoms with Crippen LogP contribution in [-0.2, 0) is 13.1 Å². The molecule has 5 rings (SSSR count). The molecule has 0 aliphatic carbocycles. The molecule has 0 heterocycles. The Morgan fingerprint density at radius 3 is 1.27 bits per heavy atom. The topological polar surface area (TPSA) is 9.72 Å². The second-order valence-electron chi connectivity index (χ2n) is 12.0. The van der Waals surface area contributed by atoms with E-state index in [0.717, 1.165) is 26.2 Å². The van der Waals surface area contributed by atoms with E-state index in [-0.39, 0.29) is 5.92 Å². The SMILES string of the molecule is CCN(Cc1ccccc1)c1ccc(C(c2ccc(N(C)C)cc2)c2ccc(N(CC)Cc3ccccc3)cc2C)c(C)c1. The Morgan fingerprint density at radius 2 is 0.909 bits per heavy atom. The van der Waals surface area contributed by atoms with Crippen LogP contribution in [0.25, 0.3) is 0 Å². The van der Waals surface area contributed by atoms with Crippen molar-refractivity contribution in [2.24, 2.45) is 0 Å². The fraction of sp³-hybridized carbons (Fsp3) is 0.268. The van der Waals surface area contributed by atoms with E-state index in [2.05, 4.69) is 178 Å². The van der Waals surface area contributed by atoms with Gasteiger partial charge in [-0.15, -0.1) is 0 Å². The lowest BCUT2D eigenvalue weighted by Crippen LogP contribution is -2.22. The molecule has 44 heavy (non-hydrogen) atoms. The molecule has 0 atom stereocenters. The van der Waals surface area contributed by atoms with E-state index in [0.29, 0.717) is 0 Å². The van der Waals surface area contributed by atoms with E-state index >= 15 is 0 Å². The molecule has 0 aromatic heterocycles. The lowest BCUT2D eigenvalue weighted by Gasteiger charge is -2.28. The molecule has 0 bridgehead atoms. The van der Waals surface area contributed by atoms with Crippen molar-refractivity contribution in [2.75, 3.05) is 41.9 Å². The van der Waals surface area contributed by atoms with Crippen LogP contribution in [0.5, 0.6) is 0 Å². The molecule has 0 fully saturated rings. The van der Waals surface area contributed by atoms with Crippen LogP contribution >= 0.6 is 0 Å². The summed E-state index contributed by atoms with van der Waals surface area (Å²) in [6.45, 7) is 12.8. The van der Waals surface area contributed by atoms with E-state index in [4.69, 9.17) is 0 Å². The maximum absolute atomic E-state index is 2.46. The highest BCUT2D eigenvalue weighted by atomic mass is 15.1. The summed E-state index contributed by atoms with van der Waals surface area (Å²) in [5, 5.41) is 0. The highest BCUT2D eigenvalue weighted by molar-refractivity contribution is 5.60. The normalized spacial score (nSPS) is 11.1. The fourth-order valence-electron chi connectivity index (χ4n) is 6.23. The van der Waals surface area contributed by atoms with Crippen LogP contribution in [0.4, 0.5) is 17.1 Å². The lowest BCUT2D eigenvalue weighted by molar-refractivity contribution is 0.827. The minimum absolute atomic E-state index is 0.141. The molecular weight excluding hydrogens is 534 g/mol. The Kier molecular flexibility index (Phi) is 10.1. The largest absolute Gasteiger partial charge is 0.378 e. The van der Waals surface area contributed by atoms with Gasteiger partial charge in [0.2, 0.25) is 0 Å². The molecule has 226 valence electrons. The van der Waals surface area contributed by atoms with Crippen LogP contribution in [-0.4, -0.2) is 27.2 Å². The Balaban J connectivity index is 1.52. The molecule has 0 saturated carbocycles. The zero-order valence-electron chi connectivity index (χ0n) is 27.3. The summed E-state index contributed by atoms with van der Waals surface area (Å²) in [6, 6.07) is 44.7. The number of anilines is 3. The van der Waals surface area contributed by atoms with Crippen LogP contribution in [0.2, 0.25) is 0 Å². The molecule has 0 aliphatic rings. The van der Waals surface area contributed by atoms with Gasteiger partial charge in [0.1, 0.15) is 0 Å². The standard InChI is InChI=1S/C41H47N3/c1-7-43(29-33-15-11-9-12-16-33)37-23-25-39(31(3)27-37)41(35-19-21-36(22-20-35)42(5)6)40-26-24-38(28-32(40)4)44(8-2)30-34-17-13-10-14-18-34/h9-28,41H,7-8,29-30H2,1-6H3. The molecular formula is C41H47N3. The zero-order valence-corrected chi connectivity index (χ0v) is 27.3. The predicted octanol–water partition coefficient (Wildman–Crippen LogP) is 9.60. The number of hydrogen-bond acceptors (Lipinski definition) is 3. The van der Waals surface area contributed by atoms with Crippen molar-refractivity contribution < 1.29 is 0 Å². The summed E-state index contributed by atoms with van der Waals surface area (Å²) in [5.74, 6) is 0.141. The van der Waals surface area contributed by atoms with Gasteiger partial charge in [0, 0.05) is 63.3 Å². The van der Waals surface area contributed by atoms with Gasteiger partial charge in [0.05, 0.1) is 0 Å². The number of nitrogens with zero attached hydrogens (tertiary/aromatic N) is 3. The smallest absolute Gasteiger partial charge is 0.0429 e. The Bertz CT molecular complexity index is 1530. The van der Waals surface area contributed by atoms with Crippen molar-refractivity contribution in [3.8, 4) is 0 Å². The highest BCUT2D eigenvalue weighted by Gasteiger charge is 2.22. The van der Waals surface area contributed by atoms with Crippen LogP contribution in [0.1, 0.15) is 58.7 Å². The fourth-order valence-corrected chi connectivity index (χ4v) is 6.23. The van der Waals surface area contributed by atoms with E-state index in [1.54, 1.807) is 0 Å². The minimum Gasteiger partial charge on any atom is -0.378 e. The van der Waals surface area contributed by atoms with E-state index < -0.39 is 0 Å². The average Bonchev–Trinajstić information content (AvgIpc) is 3.05. The van der Waals surface area contributed by atoms with Gasteiger partial charge >= 0.3 is 0 Å². The summed E-state index contributed by atoms with van der Waals surface area (Å²) < 4.78 is 0. The molecule has 0 spiro atoms. The van der Waals surface area contributed by atoms with Gasteiger partial charge in [-0.2, -0.15) is 0 Å². The Hall–Kier alpha value is -4.50. The maximum Gasteiger partial charge on any atom is 0.0429 e. The third kappa shape index (κ3) is 7.17. The van der Waals surface area contributed by atoms with Gasteiger partial charge in [-0.05, 0) is 103 Å². The first kappa shape index (κ1) is 30.9. The summed E-state index contributed by atoms with van der Waals surface area (Å²) in [5.41, 5.74) is 13.1. The molecule has 3 heteroatoms. The molecule has 3 nitrogen and oxygen atoms in total. The van der Waals surface area contributed by atoms with Gasteiger partial charge in [0.15, 0.2) is 0 Å². The van der Waals surface area contributed by atoms with Gasteiger partial charge in [-0.1, -0.05) is 84.9 Å². The first-order chi connectivity index (χ1) is 21.4. The van der Waals surface area contributed by atoms with Crippen molar-refractivity contribution in [3.05, 3.63) is 160 Å². The van der Waals surface area contributed by atoms with Crippen molar-refractivity contribution in [3.63, 3.8) is 0 Å². The lowest BCUT2D eigenvalue weighted by atomic mass is 9.81. The van der Waals surface area contributed by atoms with E-state index in [9.17, 15) is 0 Å². The highest BCUT2D eigenvalue weighted by Crippen LogP contribution is 2.39. The number of rotatable bonds is 12. The molecule has 0 N–H and O–H groups in total. The molecule has 0 unspecified atom stereocenters. The van der Waals surface area contributed by atoms with Crippen molar-refractivity contribution in [2.45, 2.75) is 46.7 Å². The maximum atomic E-state index is 2.46. The summed E-state index contributed by atoms with van der Waals surface area (Å²) in [6.07, 6.45) is 0. The Labute approximate surface area is 265 Å². The van der Waals surface area contributed by atoms with Crippen LogP contribution in [0, 0.1) is 13.8 Å². The van der Waals surface area contributed by atoms with Crippen molar-refractivity contribution >= 4 is 17.1 Å². The summed E-state index contributed by atoms with van der Waals surface area (Å²) in [7, 11) is 4.20. The summed E-state index contributed by atoms with van der Waals surface area (Å²) in [4.78, 5) is 7.08. The second kappa shape index (κ2) is 14.3. The molecule has 0 aliphatic heterocycles. The summed E-state index contributed by atoms with van der Waals surface area (Å²) >= 11 is 0. The monoisotopic (exact) mass is 581 g/mol. The molecule has 5 aromatic rings. The number of aryl methyl sites for hydroxylation is 2. The zero-order chi connectivity index (χ0) is 31.1. The minimum atomic E-state index is 0.141. The van der Waals surface area contributed by atoms with E-state index in [1.165, 1.54) is 56.0 Å². The number of benzene rings is 5. The molecule has 5 aromatic carbocycles. The average molecular weight is 582 g/mol. The third-order valence-corrected chi connectivity index (χ3v) is 8.80. The first-order valence-corrected chi connectivity index (χ1v) is 15.9. The van der Waals surface area contributed by atoms with Gasteiger partial charge in [0.25, 0.3) is 0 Å². The van der Waals surface area contributed by atoms with Crippen LogP contribution in [0.3, 0.4) is 0 Å². The van der Waals surface area contributed by atoms with Gasteiger partial charge in [-0.25, -0.2) is 0 Å².